The van der Waals surface area contributed by atoms with Gasteiger partial charge in [0.25, 0.3) is 5.91 Å². The van der Waals surface area contributed by atoms with Gasteiger partial charge in [-0.15, -0.1) is 0 Å². The predicted molar refractivity (Wildman–Crippen MR) is 127 cm³/mol. The zero-order chi connectivity index (χ0) is 25.7. The van der Waals surface area contributed by atoms with Gasteiger partial charge in [-0.25, -0.2) is 4.79 Å². The van der Waals surface area contributed by atoms with Crippen molar-refractivity contribution in [2.24, 2.45) is 0 Å². The first kappa shape index (κ1) is 25.3. The van der Waals surface area contributed by atoms with E-state index in [-0.39, 0.29) is 0 Å². The van der Waals surface area contributed by atoms with Gasteiger partial charge in [0, 0.05) is 24.4 Å². The number of ether oxygens (including phenoxy) is 2. The summed E-state index contributed by atoms with van der Waals surface area (Å²) in [4.78, 5) is 50.3. The molecule has 0 bridgehead atoms. The Morgan fingerprint density at radius 2 is 1.86 bits per heavy atom. The second-order valence-electron chi connectivity index (χ2n) is 8.02. The monoisotopic (exact) mass is 481 g/mol. The maximum absolute atomic E-state index is 12.7. The molecule has 10 heteroatoms. The van der Waals surface area contributed by atoms with Crippen LogP contribution in [0.25, 0.3) is 11.1 Å². The van der Waals surface area contributed by atoms with Gasteiger partial charge in [-0.2, -0.15) is 0 Å². The third-order valence-electron chi connectivity index (χ3n) is 5.60. The summed E-state index contributed by atoms with van der Waals surface area (Å²) in [5, 5.41) is 14.4. The van der Waals surface area contributed by atoms with E-state index in [9.17, 15) is 24.3 Å². The third kappa shape index (κ3) is 5.78. The molecule has 1 aliphatic heterocycles. The topological polar surface area (TPSA) is 134 Å². The van der Waals surface area contributed by atoms with E-state index < -0.39 is 42.2 Å². The largest absolute Gasteiger partial charge is 0.497 e. The number of rotatable bonds is 8. The van der Waals surface area contributed by atoms with Gasteiger partial charge in [0.15, 0.2) is 11.8 Å². The number of urea groups is 1. The maximum Gasteiger partial charge on any atom is 0.316 e. The van der Waals surface area contributed by atoms with E-state index in [2.05, 4.69) is 10.6 Å². The Morgan fingerprint density at radius 1 is 1.11 bits per heavy atom. The number of hydrogen-bond acceptors (Lipinski definition) is 6. The van der Waals surface area contributed by atoms with Crippen LogP contribution < -0.4 is 20.1 Å². The van der Waals surface area contributed by atoms with E-state index in [1.165, 1.54) is 25.3 Å². The van der Waals surface area contributed by atoms with E-state index in [0.29, 0.717) is 28.2 Å². The number of amides is 3. The number of ketones is 1. The molecule has 3 N–H and O–H groups in total. The van der Waals surface area contributed by atoms with Crippen LogP contribution in [-0.4, -0.2) is 61.0 Å². The number of methoxy groups -OCH3 is 2. The Balaban J connectivity index is 1.90. The van der Waals surface area contributed by atoms with Crippen LogP contribution in [0.2, 0.25) is 0 Å². The minimum Gasteiger partial charge on any atom is -0.497 e. The van der Waals surface area contributed by atoms with E-state index in [1.54, 1.807) is 44.4 Å². The molecule has 0 saturated carbocycles. The second kappa shape index (κ2) is 10.7. The highest BCUT2D eigenvalue weighted by Crippen LogP contribution is 2.34. The van der Waals surface area contributed by atoms with Gasteiger partial charge in [0.2, 0.25) is 0 Å². The Kier molecular flexibility index (Phi) is 7.75. The lowest BCUT2D eigenvalue weighted by Crippen LogP contribution is -2.56. The molecule has 184 valence electrons. The van der Waals surface area contributed by atoms with Gasteiger partial charge in [-0.3, -0.25) is 14.4 Å². The molecule has 2 aromatic rings. The number of carbonyl (C=O) groups excluding carboxylic acids is 3. The van der Waals surface area contributed by atoms with Gasteiger partial charge < -0.3 is 30.1 Å². The molecule has 2 aromatic carbocycles. The lowest BCUT2D eigenvalue weighted by Gasteiger charge is -2.27. The second-order valence-corrected chi connectivity index (χ2v) is 8.02. The molecule has 0 radical (unpaired) electrons. The summed E-state index contributed by atoms with van der Waals surface area (Å²) in [5.74, 6) is -1.08. The molecule has 3 amide bonds. The fourth-order valence-corrected chi connectivity index (χ4v) is 3.80. The summed E-state index contributed by atoms with van der Waals surface area (Å²) in [6.07, 6.45) is 0.966. The van der Waals surface area contributed by atoms with Crippen LogP contribution in [0.5, 0.6) is 11.5 Å². The Morgan fingerprint density at radius 3 is 2.51 bits per heavy atom. The number of Topliss-reactive ketones (excluding diaryl/α,β-unsaturated/α-hetero) is 1. The van der Waals surface area contributed by atoms with Crippen LogP contribution in [0.4, 0.5) is 4.79 Å². The number of carboxylic acids is 1. The molecule has 3 rings (SSSR count). The first-order chi connectivity index (χ1) is 16.6. The zero-order valence-electron chi connectivity index (χ0n) is 19.8. The average Bonchev–Trinajstić information content (AvgIpc) is 2.84. The number of nitrogens with zero attached hydrogens (tertiary/aromatic N) is 1. The first-order valence-electron chi connectivity index (χ1n) is 10.7. The molecule has 0 saturated heterocycles. The van der Waals surface area contributed by atoms with E-state index in [1.807, 2.05) is 12.1 Å². The Labute approximate surface area is 202 Å². The van der Waals surface area contributed by atoms with Gasteiger partial charge >= 0.3 is 12.0 Å². The average molecular weight is 482 g/mol. The third-order valence-corrected chi connectivity index (χ3v) is 5.60. The summed E-state index contributed by atoms with van der Waals surface area (Å²) in [6, 6.07) is 9.12. The van der Waals surface area contributed by atoms with Crippen molar-refractivity contribution in [3.05, 3.63) is 59.8 Å². The SMILES string of the molecule is COc1cccc(-c2cc(C(CC(=O)O)NC(=O)NC3C(=O)C(C)=CN(C)C3=O)ccc2OC)c1. The maximum atomic E-state index is 12.7. The lowest BCUT2D eigenvalue weighted by molar-refractivity contribution is -0.138. The standard InChI is InChI=1S/C25H27N3O7/c1-14-13-28(2)24(32)22(23(14)31)27-25(33)26-19(12-21(29)30)16-8-9-20(35-4)18(11-16)15-6-5-7-17(10-15)34-3/h5-11,13,19,22H,12H2,1-4H3,(H,29,30)(H2,26,27,33). The molecule has 2 unspecified atom stereocenters. The van der Waals surface area contributed by atoms with Crippen LogP contribution in [0.15, 0.2) is 54.2 Å². The van der Waals surface area contributed by atoms with Crippen molar-refractivity contribution in [1.29, 1.82) is 0 Å². The van der Waals surface area contributed by atoms with Crippen LogP contribution >= 0.6 is 0 Å². The first-order valence-corrected chi connectivity index (χ1v) is 10.7. The number of nitrogens with one attached hydrogen (secondary N) is 2. The van der Waals surface area contributed by atoms with Crippen molar-refractivity contribution >= 4 is 23.7 Å². The Bertz CT molecular complexity index is 1190. The van der Waals surface area contributed by atoms with Crippen LogP contribution in [0, 0.1) is 0 Å². The molecule has 1 aliphatic rings. The highest BCUT2D eigenvalue weighted by atomic mass is 16.5. The van der Waals surface area contributed by atoms with Gasteiger partial charge in [-0.05, 0) is 42.3 Å². The molecular formula is C25H27N3O7. The van der Waals surface area contributed by atoms with E-state index >= 15 is 0 Å². The number of likely N-dealkylation sites (N-methyl/N-ethyl adjacent to an activating group) is 1. The number of aliphatic carboxylic acids is 1. The van der Waals surface area contributed by atoms with Crippen LogP contribution in [0.1, 0.15) is 24.9 Å². The number of benzene rings is 2. The van der Waals surface area contributed by atoms with Crippen molar-refractivity contribution in [1.82, 2.24) is 15.5 Å². The van der Waals surface area contributed by atoms with Crippen molar-refractivity contribution in [3.8, 4) is 22.6 Å². The number of carbonyl (C=O) groups is 4. The zero-order valence-corrected chi connectivity index (χ0v) is 19.8. The summed E-state index contributed by atoms with van der Waals surface area (Å²) in [7, 11) is 4.55. The van der Waals surface area contributed by atoms with Crippen molar-refractivity contribution < 1.29 is 33.8 Å². The summed E-state index contributed by atoms with van der Waals surface area (Å²) < 4.78 is 10.8. The van der Waals surface area contributed by atoms with Crippen molar-refractivity contribution in [2.45, 2.75) is 25.4 Å². The number of carboxylic acid groups (broad SMARTS) is 1. The smallest absolute Gasteiger partial charge is 0.316 e. The highest BCUT2D eigenvalue weighted by molar-refractivity contribution is 6.16. The summed E-state index contributed by atoms with van der Waals surface area (Å²) in [5.41, 5.74) is 2.25. The molecule has 0 aromatic heterocycles. The van der Waals surface area contributed by atoms with E-state index in [0.717, 1.165) is 5.56 Å². The molecule has 0 aliphatic carbocycles. The molecule has 0 fully saturated rings. The van der Waals surface area contributed by atoms with Crippen LogP contribution in [0.3, 0.4) is 0 Å². The number of hydrogen-bond donors (Lipinski definition) is 3. The van der Waals surface area contributed by atoms with Crippen molar-refractivity contribution in [2.75, 3.05) is 21.3 Å². The molecule has 0 spiro atoms. The fraction of sp³-hybridized carbons (Fsp3) is 0.280. The van der Waals surface area contributed by atoms with Gasteiger partial charge in [0.05, 0.1) is 26.7 Å². The van der Waals surface area contributed by atoms with Crippen molar-refractivity contribution in [3.63, 3.8) is 0 Å². The normalized spacial score (nSPS) is 16.3. The quantitative estimate of drug-likeness (QED) is 0.493. The summed E-state index contributed by atoms with van der Waals surface area (Å²) in [6.45, 7) is 1.54. The predicted octanol–water partition coefficient (Wildman–Crippen LogP) is 2.50. The van der Waals surface area contributed by atoms with Gasteiger partial charge in [0.1, 0.15) is 11.5 Å². The fourth-order valence-electron chi connectivity index (χ4n) is 3.80. The summed E-state index contributed by atoms with van der Waals surface area (Å²) >= 11 is 0. The van der Waals surface area contributed by atoms with E-state index in [4.69, 9.17) is 9.47 Å². The molecule has 10 nitrogen and oxygen atoms in total. The van der Waals surface area contributed by atoms with Gasteiger partial charge in [-0.1, -0.05) is 18.2 Å². The molecular weight excluding hydrogens is 454 g/mol. The Hall–Kier alpha value is -4.34. The molecule has 1 heterocycles. The molecule has 2 atom stereocenters. The minimum atomic E-state index is -1.39. The minimum absolute atomic E-state index is 0.317. The molecule has 35 heavy (non-hydrogen) atoms. The highest BCUT2D eigenvalue weighted by Gasteiger charge is 2.35. The van der Waals surface area contributed by atoms with Crippen LogP contribution in [-0.2, 0) is 14.4 Å². The lowest BCUT2D eigenvalue weighted by atomic mass is 9.96.